The summed E-state index contributed by atoms with van der Waals surface area (Å²) in [5, 5.41) is 0. The van der Waals surface area contributed by atoms with Gasteiger partial charge in [-0.25, -0.2) is 4.79 Å². The molecule has 108 valence electrons. The van der Waals surface area contributed by atoms with Crippen LogP contribution in [-0.2, 0) is 16.1 Å². The number of fused-ring (bicyclic) bond motifs is 1. The Bertz CT molecular complexity index is 651. The van der Waals surface area contributed by atoms with Gasteiger partial charge in [0, 0.05) is 12.2 Å². The number of methoxy groups -OCH3 is 2. The number of benzene rings is 2. The lowest BCUT2D eigenvalue weighted by atomic mass is 10.1. The second kappa shape index (κ2) is 5.48. The van der Waals surface area contributed by atoms with Gasteiger partial charge in [-0.1, -0.05) is 24.3 Å². The van der Waals surface area contributed by atoms with Crippen molar-refractivity contribution in [1.29, 1.82) is 0 Å². The lowest BCUT2D eigenvalue weighted by Gasteiger charge is -2.25. The Labute approximate surface area is 123 Å². The third-order valence-electron chi connectivity index (χ3n) is 3.83. The molecule has 0 N–H and O–H groups in total. The summed E-state index contributed by atoms with van der Waals surface area (Å²) in [6.07, 6.45) is 0. The van der Waals surface area contributed by atoms with Crippen LogP contribution in [0.5, 0.6) is 5.75 Å². The zero-order valence-corrected chi connectivity index (χ0v) is 12.1. The highest BCUT2D eigenvalue weighted by Gasteiger charge is 2.36. The number of esters is 1. The van der Waals surface area contributed by atoms with Crippen LogP contribution in [0.2, 0.25) is 0 Å². The van der Waals surface area contributed by atoms with Gasteiger partial charge in [0.05, 0.1) is 14.2 Å². The molecule has 0 bridgehead atoms. The second-order valence-electron chi connectivity index (χ2n) is 4.95. The van der Waals surface area contributed by atoms with Crippen LogP contribution in [0.3, 0.4) is 0 Å². The molecule has 21 heavy (non-hydrogen) atoms. The van der Waals surface area contributed by atoms with E-state index in [9.17, 15) is 4.79 Å². The highest BCUT2D eigenvalue weighted by atomic mass is 16.5. The van der Waals surface area contributed by atoms with Gasteiger partial charge in [-0.3, -0.25) is 0 Å². The van der Waals surface area contributed by atoms with Gasteiger partial charge in [0.1, 0.15) is 5.75 Å². The zero-order chi connectivity index (χ0) is 14.8. The van der Waals surface area contributed by atoms with E-state index in [-0.39, 0.29) is 12.0 Å². The van der Waals surface area contributed by atoms with Crippen LogP contribution in [0.1, 0.15) is 17.2 Å². The minimum absolute atomic E-state index is 0.240. The third-order valence-corrected chi connectivity index (χ3v) is 3.83. The van der Waals surface area contributed by atoms with Crippen molar-refractivity contribution in [1.82, 2.24) is 0 Å². The molecule has 0 amide bonds. The molecule has 3 rings (SSSR count). The van der Waals surface area contributed by atoms with Gasteiger partial charge >= 0.3 is 5.97 Å². The average Bonchev–Trinajstić information content (AvgIpc) is 2.93. The van der Waals surface area contributed by atoms with Crippen molar-refractivity contribution >= 4 is 11.7 Å². The second-order valence-corrected chi connectivity index (χ2v) is 4.95. The van der Waals surface area contributed by atoms with Gasteiger partial charge in [-0.2, -0.15) is 0 Å². The SMILES string of the molecule is COC(=O)C1c2ccccc2CN1c1ccc(OC)cc1. The molecule has 1 heterocycles. The van der Waals surface area contributed by atoms with E-state index < -0.39 is 0 Å². The quantitative estimate of drug-likeness (QED) is 0.812. The molecule has 2 aromatic rings. The summed E-state index contributed by atoms with van der Waals surface area (Å²) in [5.74, 6) is 0.556. The zero-order valence-electron chi connectivity index (χ0n) is 12.1. The largest absolute Gasteiger partial charge is 0.497 e. The molecule has 0 saturated carbocycles. The lowest BCUT2D eigenvalue weighted by molar-refractivity contribution is -0.142. The Kier molecular flexibility index (Phi) is 3.52. The van der Waals surface area contributed by atoms with Gasteiger partial charge < -0.3 is 14.4 Å². The number of carbonyl (C=O) groups is 1. The van der Waals surface area contributed by atoms with E-state index in [1.165, 1.54) is 7.11 Å². The minimum Gasteiger partial charge on any atom is -0.497 e. The maximum atomic E-state index is 12.2. The van der Waals surface area contributed by atoms with E-state index in [0.717, 1.165) is 22.6 Å². The molecule has 0 spiro atoms. The Morgan fingerprint density at radius 2 is 1.81 bits per heavy atom. The van der Waals surface area contributed by atoms with Gasteiger partial charge in [0.2, 0.25) is 0 Å². The summed E-state index contributed by atoms with van der Waals surface area (Å²) in [7, 11) is 3.06. The molecule has 4 nitrogen and oxygen atoms in total. The van der Waals surface area contributed by atoms with Gasteiger partial charge in [-0.15, -0.1) is 0 Å². The summed E-state index contributed by atoms with van der Waals surface area (Å²) in [4.78, 5) is 14.2. The normalized spacial score (nSPS) is 16.5. The Hall–Kier alpha value is -2.49. The van der Waals surface area contributed by atoms with Gasteiger partial charge in [0.25, 0.3) is 0 Å². The molecular weight excluding hydrogens is 266 g/mol. The van der Waals surface area contributed by atoms with Crippen molar-refractivity contribution in [2.75, 3.05) is 19.1 Å². The Morgan fingerprint density at radius 3 is 2.48 bits per heavy atom. The van der Waals surface area contributed by atoms with Crippen molar-refractivity contribution in [3.63, 3.8) is 0 Å². The maximum absolute atomic E-state index is 12.2. The Balaban J connectivity index is 1.99. The van der Waals surface area contributed by atoms with E-state index in [0.29, 0.717) is 6.54 Å². The molecule has 1 aliphatic rings. The first-order chi connectivity index (χ1) is 10.2. The number of carbonyl (C=O) groups excluding carboxylic acids is 1. The monoisotopic (exact) mass is 283 g/mol. The fourth-order valence-electron chi connectivity index (χ4n) is 2.77. The maximum Gasteiger partial charge on any atom is 0.333 e. The topological polar surface area (TPSA) is 38.8 Å². The molecule has 0 aliphatic carbocycles. The number of rotatable bonds is 3. The predicted octanol–water partition coefficient (Wildman–Crippen LogP) is 2.93. The number of hydrogen-bond acceptors (Lipinski definition) is 4. The van der Waals surface area contributed by atoms with Crippen LogP contribution in [-0.4, -0.2) is 20.2 Å². The number of ether oxygens (including phenoxy) is 2. The first-order valence-electron chi connectivity index (χ1n) is 6.81. The summed E-state index contributed by atoms with van der Waals surface area (Å²) < 4.78 is 10.2. The lowest BCUT2D eigenvalue weighted by Crippen LogP contribution is -2.29. The molecule has 4 heteroatoms. The van der Waals surface area contributed by atoms with E-state index in [1.807, 2.05) is 42.5 Å². The van der Waals surface area contributed by atoms with Gasteiger partial charge in [0.15, 0.2) is 6.04 Å². The Morgan fingerprint density at radius 1 is 1.10 bits per heavy atom. The van der Waals surface area contributed by atoms with Gasteiger partial charge in [-0.05, 0) is 35.4 Å². The van der Waals surface area contributed by atoms with E-state index >= 15 is 0 Å². The molecular formula is C17H17NO3. The highest BCUT2D eigenvalue weighted by Crippen LogP contribution is 2.38. The number of anilines is 1. The van der Waals surface area contributed by atoms with E-state index in [2.05, 4.69) is 11.0 Å². The fourth-order valence-corrected chi connectivity index (χ4v) is 2.77. The van der Waals surface area contributed by atoms with Crippen molar-refractivity contribution < 1.29 is 14.3 Å². The van der Waals surface area contributed by atoms with Crippen molar-refractivity contribution in [3.8, 4) is 5.75 Å². The van der Waals surface area contributed by atoms with Crippen LogP contribution < -0.4 is 9.64 Å². The van der Waals surface area contributed by atoms with E-state index in [1.54, 1.807) is 7.11 Å². The summed E-state index contributed by atoms with van der Waals surface area (Å²) in [5.41, 5.74) is 3.14. The van der Waals surface area contributed by atoms with E-state index in [4.69, 9.17) is 9.47 Å². The van der Waals surface area contributed by atoms with Crippen LogP contribution in [0.25, 0.3) is 0 Å². The third kappa shape index (κ3) is 2.33. The van der Waals surface area contributed by atoms with Crippen molar-refractivity contribution in [2.45, 2.75) is 12.6 Å². The minimum atomic E-state index is -0.389. The van der Waals surface area contributed by atoms with Crippen LogP contribution in [0.15, 0.2) is 48.5 Å². The first-order valence-corrected chi connectivity index (χ1v) is 6.81. The van der Waals surface area contributed by atoms with Crippen molar-refractivity contribution in [2.24, 2.45) is 0 Å². The molecule has 1 unspecified atom stereocenters. The number of nitrogens with zero attached hydrogens (tertiary/aromatic N) is 1. The van der Waals surface area contributed by atoms with Crippen molar-refractivity contribution in [3.05, 3.63) is 59.7 Å². The predicted molar refractivity (Wildman–Crippen MR) is 80.4 cm³/mol. The number of hydrogen-bond donors (Lipinski definition) is 0. The molecule has 0 radical (unpaired) electrons. The molecule has 0 fully saturated rings. The smallest absolute Gasteiger partial charge is 0.333 e. The molecule has 0 saturated heterocycles. The molecule has 1 atom stereocenters. The summed E-state index contributed by atoms with van der Waals surface area (Å²) in [6.45, 7) is 0.697. The summed E-state index contributed by atoms with van der Waals surface area (Å²) in [6, 6.07) is 15.3. The van der Waals surface area contributed by atoms with Crippen LogP contribution in [0, 0.1) is 0 Å². The molecule has 1 aliphatic heterocycles. The van der Waals surface area contributed by atoms with Crippen LogP contribution in [0.4, 0.5) is 5.69 Å². The first kappa shape index (κ1) is 13.5. The summed E-state index contributed by atoms with van der Waals surface area (Å²) >= 11 is 0. The fraction of sp³-hybridized carbons (Fsp3) is 0.235. The average molecular weight is 283 g/mol. The molecule has 2 aromatic carbocycles. The van der Waals surface area contributed by atoms with Crippen LogP contribution >= 0.6 is 0 Å². The highest BCUT2D eigenvalue weighted by molar-refractivity contribution is 5.84. The standard InChI is InChI=1S/C17H17NO3/c1-20-14-9-7-13(8-10-14)18-11-12-5-3-4-6-15(12)16(18)17(19)21-2/h3-10,16H,11H2,1-2H3. The molecule has 0 aromatic heterocycles.